The molecule has 0 spiro atoms. The van der Waals surface area contributed by atoms with E-state index in [9.17, 15) is 4.79 Å². The lowest BCUT2D eigenvalue weighted by Gasteiger charge is -2.13. The lowest BCUT2D eigenvalue weighted by atomic mass is 10.1. The van der Waals surface area contributed by atoms with Gasteiger partial charge in [0.1, 0.15) is 0 Å². The minimum Gasteiger partial charge on any atom is -0.353 e. The zero-order chi connectivity index (χ0) is 12.3. The van der Waals surface area contributed by atoms with Crippen molar-refractivity contribution in [2.24, 2.45) is 0 Å². The van der Waals surface area contributed by atoms with Crippen LogP contribution in [0.5, 0.6) is 0 Å². The molecule has 2 aromatic rings. The average molecular weight is 251 g/mol. The summed E-state index contributed by atoms with van der Waals surface area (Å²) in [5, 5.41) is 5.00. The summed E-state index contributed by atoms with van der Waals surface area (Å²) >= 11 is 1.58. The molecule has 0 aliphatic carbocycles. The number of hydrogen-bond donors (Lipinski definition) is 1. The van der Waals surface area contributed by atoms with E-state index >= 15 is 0 Å². The molecule has 0 unspecified atom stereocenters. The van der Waals surface area contributed by atoms with Crippen LogP contribution in [0.1, 0.15) is 32.4 Å². The van der Waals surface area contributed by atoms with E-state index in [-0.39, 0.29) is 11.9 Å². The van der Waals surface area contributed by atoms with E-state index in [1.165, 1.54) is 0 Å². The number of nitrogens with one attached hydrogen (secondary N) is 1. The molecule has 2 heterocycles. The highest BCUT2D eigenvalue weighted by Gasteiger charge is 2.11. The van der Waals surface area contributed by atoms with Gasteiger partial charge in [0.05, 0.1) is 12.1 Å². The van der Waals surface area contributed by atoms with Crippen LogP contribution in [0, 0.1) is 0 Å². The molecule has 0 bridgehead atoms. The van der Waals surface area contributed by atoms with Crippen LogP contribution in [0.4, 0.5) is 0 Å². The lowest BCUT2D eigenvalue weighted by Crippen LogP contribution is -2.34. The van der Waals surface area contributed by atoms with Gasteiger partial charge >= 0.3 is 0 Å². The first-order valence-corrected chi connectivity index (χ1v) is 6.81. The number of rotatable bonds is 5. The molecular weight excluding hydrogens is 234 g/mol. The first-order valence-electron chi connectivity index (χ1n) is 5.93. The Hall–Kier alpha value is -1.36. The van der Waals surface area contributed by atoms with Crippen LogP contribution in [-0.4, -0.2) is 21.3 Å². The third-order valence-corrected chi connectivity index (χ3v) is 3.61. The van der Waals surface area contributed by atoms with E-state index in [0.29, 0.717) is 6.42 Å². The quantitative estimate of drug-likeness (QED) is 0.886. The Bertz CT molecular complexity index is 470. The van der Waals surface area contributed by atoms with Crippen molar-refractivity contribution in [2.45, 2.75) is 39.2 Å². The van der Waals surface area contributed by atoms with Crippen LogP contribution in [0.2, 0.25) is 0 Å². The number of hydrogen-bond acceptors (Lipinski definition) is 3. The van der Waals surface area contributed by atoms with Crippen LogP contribution in [-0.2, 0) is 11.2 Å². The molecular formula is C12H17N3OS. The monoisotopic (exact) mass is 251 g/mol. The Balaban J connectivity index is 1.96. The van der Waals surface area contributed by atoms with Crippen LogP contribution < -0.4 is 5.32 Å². The number of aromatic nitrogens is 2. The third-order valence-electron chi connectivity index (χ3n) is 2.84. The SMILES string of the molecule is CCC(CC)NC(=O)Cc1cn2ccsc2n1. The van der Waals surface area contributed by atoms with Crippen molar-refractivity contribution < 1.29 is 4.79 Å². The van der Waals surface area contributed by atoms with Crippen molar-refractivity contribution >= 4 is 22.2 Å². The maximum atomic E-state index is 11.8. The molecule has 0 fully saturated rings. The van der Waals surface area contributed by atoms with Gasteiger partial charge in [-0.1, -0.05) is 13.8 Å². The van der Waals surface area contributed by atoms with Crippen molar-refractivity contribution in [1.29, 1.82) is 0 Å². The molecule has 1 amide bonds. The Morgan fingerprint density at radius 1 is 1.53 bits per heavy atom. The van der Waals surface area contributed by atoms with Crippen LogP contribution >= 0.6 is 11.3 Å². The fourth-order valence-corrected chi connectivity index (χ4v) is 2.52. The number of carbonyl (C=O) groups is 1. The van der Waals surface area contributed by atoms with Crippen LogP contribution in [0.15, 0.2) is 17.8 Å². The lowest BCUT2D eigenvalue weighted by molar-refractivity contribution is -0.121. The number of amides is 1. The molecule has 2 aromatic heterocycles. The van der Waals surface area contributed by atoms with Gasteiger partial charge in [0, 0.05) is 23.8 Å². The minimum absolute atomic E-state index is 0.0597. The molecule has 0 saturated carbocycles. The molecule has 0 aromatic carbocycles. The van der Waals surface area contributed by atoms with Crippen molar-refractivity contribution in [2.75, 3.05) is 0 Å². The molecule has 4 nitrogen and oxygen atoms in total. The fourth-order valence-electron chi connectivity index (χ4n) is 1.80. The highest BCUT2D eigenvalue weighted by molar-refractivity contribution is 7.15. The molecule has 5 heteroatoms. The van der Waals surface area contributed by atoms with Gasteiger partial charge in [-0.05, 0) is 12.8 Å². The standard InChI is InChI=1S/C12H17N3OS/c1-3-9(4-2)13-11(16)7-10-8-15-5-6-17-12(15)14-10/h5-6,8-9H,3-4,7H2,1-2H3,(H,13,16). The first kappa shape index (κ1) is 12.1. The average Bonchev–Trinajstić information content (AvgIpc) is 2.86. The summed E-state index contributed by atoms with van der Waals surface area (Å²) in [5.74, 6) is 0.0597. The second kappa shape index (κ2) is 5.31. The molecule has 0 saturated heterocycles. The summed E-state index contributed by atoms with van der Waals surface area (Å²) in [6.07, 6.45) is 6.18. The Morgan fingerprint density at radius 3 is 2.94 bits per heavy atom. The first-order chi connectivity index (χ1) is 8.22. The van der Waals surface area contributed by atoms with E-state index < -0.39 is 0 Å². The van der Waals surface area contributed by atoms with Crippen LogP contribution in [0.3, 0.4) is 0 Å². The molecule has 17 heavy (non-hydrogen) atoms. The van der Waals surface area contributed by atoms with Gasteiger partial charge in [-0.2, -0.15) is 0 Å². The van der Waals surface area contributed by atoms with Gasteiger partial charge < -0.3 is 5.32 Å². The zero-order valence-corrected chi connectivity index (χ0v) is 11.0. The summed E-state index contributed by atoms with van der Waals surface area (Å²) < 4.78 is 1.95. The van der Waals surface area contributed by atoms with E-state index in [1.54, 1.807) is 11.3 Å². The van der Waals surface area contributed by atoms with Crippen molar-refractivity contribution in [3.05, 3.63) is 23.5 Å². The van der Waals surface area contributed by atoms with Gasteiger partial charge in [0.15, 0.2) is 4.96 Å². The van der Waals surface area contributed by atoms with Gasteiger partial charge in [-0.15, -0.1) is 11.3 Å². The molecule has 1 N–H and O–H groups in total. The summed E-state index contributed by atoms with van der Waals surface area (Å²) in [5.41, 5.74) is 0.834. The maximum Gasteiger partial charge on any atom is 0.226 e. The molecule has 0 aliphatic heterocycles. The fraction of sp³-hybridized carbons (Fsp3) is 0.500. The second-order valence-electron chi connectivity index (χ2n) is 4.08. The maximum absolute atomic E-state index is 11.8. The highest BCUT2D eigenvalue weighted by atomic mass is 32.1. The third kappa shape index (κ3) is 2.85. The van der Waals surface area contributed by atoms with Crippen LogP contribution in [0.25, 0.3) is 4.96 Å². The van der Waals surface area contributed by atoms with Crippen molar-refractivity contribution in [3.8, 4) is 0 Å². The van der Waals surface area contributed by atoms with E-state index in [0.717, 1.165) is 23.5 Å². The molecule has 0 radical (unpaired) electrons. The van der Waals surface area contributed by atoms with Gasteiger partial charge in [0.2, 0.25) is 5.91 Å². The number of fused-ring (bicyclic) bond motifs is 1. The normalized spacial score (nSPS) is 11.2. The van der Waals surface area contributed by atoms with Gasteiger partial charge in [-0.3, -0.25) is 9.20 Å². The number of nitrogens with zero attached hydrogens (tertiary/aromatic N) is 2. The highest BCUT2D eigenvalue weighted by Crippen LogP contribution is 2.11. The predicted molar refractivity (Wildman–Crippen MR) is 69.3 cm³/mol. The molecule has 0 atom stereocenters. The van der Waals surface area contributed by atoms with Gasteiger partial charge in [-0.25, -0.2) is 4.98 Å². The largest absolute Gasteiger partial charge is 0.353 e. The Kier molecular flexibility index (Phi) is 3.78. The van der Waals surface area contributed by atoms with E-state index in [4.69, 9.17) is 0 Å². The second-order valence-corrected chi connectivity index (χ2v) is 4.96. The summed E-state index contributed by atoms with van der Waals surface area (Å²) in [6.45, 7) is 4.17. The molecule has 92 valence electrons. The number of imidazole rings is 1. The zero-order valence-electron chi connectivity index (χ0n) is 10.1. The summed E-state index contributed by atoms with van der Waals surface area (Å²) in [6, 6.07) is 0.284. The van der Waals surface area contributed by atoms with E-state index in [1.807, 2.05) is 22.2 Å². The molecule has 0 aliphatic rings. The Labute approximate surface area is 105 Å². The van der Waals surface area contributed by atoms with Gasteiger partial charge in [0.25, 0.3) is 0 Å². The van der Waals surface area contributed by atoms with Crippen molar-refractivity contribution in [3.63, 3.8) is 0 Å². The topological polar surface area (TPSA) is 46.4 Å². The summed E-state index contributed by atoms with van der Waals surface area (Å²) in [4.78, 5) is 17.1. The molecule has 2 rings (SSSR count). The number of thiazole rings is 1. The predicted octanol–water partition coefficient (Wildman–Crippen LogP) is 2.24. The van der Waals surface area contributed by atoms with Crippen molar-refractivity contribution in [1.82, 2.24) is 14.7 Å². The summed E-state index contributed by atoms with van der Waals surface area (Å²) in [7, 11) is 0. The minimum atomic E-state index is 0.0597. The Morgan fingerprint density at radius 2 is 2.29 bits per heavy atom. The smallest absolute Gasteiger partial charge is 0.226 e. The van der Waals surface area contributed by atoms with E-state index in [2.05, 4.69) is 24.1 Å². The number of carbonyl (C=O) groups excluding carboxylic acids is 1.